The van der Waals surface area contributed by atoms with Gasteiger partial charge in [0.05, 0.1) is 17.2 Å². The molecule has 0 aliphatic carbocycles. The fraction of sp³-hybridized carbons (Fsp3) is 0.467. The molecule has 116 valence electrons. The van der Waals surface area contributed by atoms with Gasteiger partial charge in [0, 0.05) is 18.9 Å². The Bertz CT molecular complexity index is 659. The van der Waals surface area contributed by atoms with E-state index in [1.807, 2.05) is 18.7 Å². The molecule has 3 heterocycles. The number of piperidine rings is 1. The van der Waals surface area contributed by atoms with Gasteiger partial charge in [-0.25, -0.2) is 15.0 Å². The van der Waals surface area contributed by atoms with Gasteiger partial charge >= 0.3 is 6.01 Å². The zero-order chi connectivity index (χ0) is 15.5. The Hall–Kier alpha value is -2.02. The minimum Gasteiger partial charge on any atom is -0.458 e. The number of rotatable bonds is 3. The minimum absolute atomic E-state index is 0.0466. The van der Waals surface area contributed by atoms with Crippen LogP contribution in [0.15, 0.2) is 18.5 Å². The highest BCUT2D eigenvalue weighted by Crippen LogP contribution is 2.22. The summed E-state index contributed by atoms with van der Waals surface area (Å²) in [4.78, 5) is 27.7. The number of hydrogen-bond donors (Lipinski definition) is 0. The van der Waals surface area contributed by atoms with Crippen LogP contribution in [0.1, 0.15) is 33.2 Å². The minimum atomic E-state index is -0.0607. The molecule has 1 aliphatic heterocycles. The molecule has 0 N–H and O–H groups in total. The lowest BCUT2D eigenvalue weighted by atomic mass is 10.1. The molecule has 1 fully saturated rings. The first-order valence-electron chi connectivity index (χ1n) is 7.30. The molecule has 0 radical (unpaired) electrons. The molecule has 0 bridgehead atoms. The Morgan fingerprint density at radius 3 is 2.82 bits per heavy atom. The topological polar surface area (TPSA) is 68.2 Å². The second kappa shape index (κ2) is 6.39. The first-order valence-corrected chi connectivity index (χ1v) is 8.12. The van der Waals surface area contributed by atoms with Gasteiger partial charge < -0.3 is 9.64 Å². The van der Waals surface area contributed by atoms with Crippen LogP contribution < -0.4 is 4.74 Å². The van der Waals surface area contributed by atoms with Crippen molar-refractivity contribution >= 4 is 17.2 Å². The van der Waals surface area contributed by atoms with Crippen molar-refractivity contribution in [2.45, 2.75) is 32.8 Å². The molecule has 6 nitrogen and oxygen atoms in total. The zero-order valence-electron chi connectivity index (χ0n) is 12.7. The maximum Gasteiger partial charge on any atom is 0.316 e. The highest BCUT2D eigenvalue weighted by molar-refractivity contribution is 7.13. The summed E-state index contributed by atoms with van der Waals surface area (Å²) in [6.45, 7) is 5.12. The number of carbonyl (C=O) groups excluding carboxylic acids is 1. The summed E-state index contributed by atoms with van der Waals surface area (Å²) in [7, 11) is 0. The first-order chi connectivity index (χ1) is 10.6. The van der Waals surface area contributed by atoms with Gasteiger partial charge in [0.15, 0.2) is 0 Å². The number of carbonyl (C=O) groups is 1. The summed E-state index contributed by atoms with van der Waals surface area (Å²) in [6.07, 6.45) is 5.06. The molecule has 1 amide bonds. The predicted molar refractivity (Wildman–Crippen MR) is 83.2 cm³/mol. The quantitative estimate of drug-likeness (QED) is 0.868. The third kappa shape index (κ3) is 3.24. The van der Waals surface area contributed by atoms with Crippen molar-refractivity contribution in [2.24, 2.45) is 0 Å². The molecule has 0 saturated carbocycles. The first kappa shape index (κ1) is 14.9. The number of nitrogens with zero attached hydrogens (tertiary/aromatic N) is 4. The highest BCUT2D eigenvalue weighted by atomic mass is 32.1. The van der Waals surface area contributed by atoms with Crippen LogP contribution in [-0.4, -0.2) is 45.0 Å². The molecule has 0 spiro atoms. The van der Waals surface area contributed by atoms with Crippen molar-refractivity contribution < 1.29 is 9.53 Å². The van der Waals surface area contributed by atoms with Gasteiger partial charge in [0.2, 0.25) is 0 Å². The smallest absolute Gasteiger partial charge is 0.316 e. The normalized spacial score (nSPS) is 18.3. The van der Waals surface area contributed by atoms with Gasteiger partial charge in [-0.05, 0) is 32.8 Å². The highest BCUT2D eigenvalue weighted by Gasteiger charge is 2.28. The Kier molecular flexibility index (Phi) is 4.33. The molecule has 2 aromatic heterocycles. The summed E-state index contributed by atoms with van der Waals surface area (Å²) in [5.74, 6) is 0.0466. The van der Waals surface area contributed by atoms with E-state index in [9.17, 15) is 4.79 Å². The molecule has 1 saturated heterocycles. The lowest BCUT2D eigenvalue weighted by Crippen LogP contribution is -2.44. The lowest BCUT2D eigenvalue weighted by Gasteiger charge is -2.32. The molecule has 1 aliphatic rings. The van der Waals surface area contributed by atoms with Crippen molar-refractivity contribution in [1.29, 1.82) is 0 Å². The summed E-state index contributed by atoms with van der Waals surface area (Å²) in [6, 6.07) is 2.12. The van der Waals surface area contributed by atoms with Gasteiger partial charge in [0.25, 0.3) is 5.91 Å². The number of ether oxygens (including phenoxy) is 1. The maximum atomic E-state index is 12.6. The van der Waals surface area contributed by atoms with E-state index in [0.717, 1.165) is 35.0 Å². The molecule has 1 atom stereocenters. The number of aromatic nitrogens is 3. The van der Waals surface area contributed by atoms with Crippen molar-refractivity contribution in [2.75, 3.05) is 13.1 Å². The summed E-state index contributed by atoms with van der Waals surface area (Å²) in [5.41, 5.74) is 0.807. The number of aryl methyl sites for hydroxylation is 2. The van der Waals surface area contributed by atoms with Crippen LogP contribution in [0.3, 0.4) is 0 Å². The van der Waals surface area contributed by atoms with E-state index >= 15 is 0 Å². The standard InChI is InChI=1S/C15H18N4O2S/c1-10-13(22-11(2)18-10)14(20)19-8-3-5-12(9-19)21-15-16-6-4-7-17-15/h4,6-7,12H,3,5,8-9H2,1-2H3. The van der Waals surface area contributed by atoms with Crippen molar-refractivity contribution in [3.05, 3.63) is 34.0 Å². The largest absolute Gasteiger partial charge is 0.458 e. The van der Waals surface area contributed by atoms with Crippen LogP contribution >= 0.6 is 11.3 Å². The Balaban J connectivity index is 1.68. The lowest BCUT2D eigenvalue weighted by molar-refractivity contribution is 0.0519. The van der Waals surface area contributed by atoms with E-state index in [-0.39, 0.29) is 12.0 Å². The second-order valence-electron chi connectivity index (χ2n) is 5.31. The summed E-state index contributed by atoms with van der Waals surface area (Å²) >= 11 is 1.45. The van der Waals surface area contributed by atoms with E-state index < -0.39 is 0 Å². The summed E-state index contributed by atoms with van der Waals surface area (Å²) < 4.78 is 5.78. The van der Waals surface area contributed by atoms with Crippen molar-refractivity contribution in [3.63, 3.8) is 0 Å². The van der Waals surface area contributed by atoms with Crippen LogP contribution in [0.5, 0.6) is 6.01 Å². The Morgan fingerprint density at radius 1 is 1.36 bits per heavy atom. The molecule has 7 heteroatoms. The molecular formula is C15H18N4O2S. The fourth-order valence-corrected chi connectivity index (χ4v) is 3.48. The van der Waals surface area contributed by atoms with E-state index in [4.69, 9.17) is 4.74 Å². The van der Waals surface area contributed by atoms with Crippen molar-refractivity contribution in [3.8, 4) is 6.01 Å². The van der Waals surface area contributed by atoms with Gasteiger partial charge in [-0.1, -0.05) is 0 Å². The van der Waals surface area contributed by atoms with Gasteiger partial charge in [-0.2, -0.15) is 0 Å². The number of amides is 1. The van der Waals surface area contributed by atoms with E-state index in [1.54, 1.807) is 18.5 Å². The molecular weight excluding hydrogens is 300 g/mol. The zero-order valence-corrected chi connectivity index (χ0v) is 13.5. The average molecular weight is 318 g/mol. The third-order valence-electron chi connectivity index (χ3n) is 3.58. The monoisotopic (exact) mass is 318 g/mol. The van der Waals surface area contributed by atoms with Gasteiger partial charge in [-0.15, -0.1) is 11.3 Å². The third-order valence-corrected chi connectivity index (χ3v) is 4.64. The number of likely N-dealkylation sites (tertiary alicyclic amines) is 1. The molecule has 3 rings (SSSR count). The SMILES string of the molecule is Cc1nc(C)c(C(=O)N2CCCC(Oc3ncccn3)C2)s1. The molecule has 22 heavy (non-hydrogen) atoms. The van der Waals surface area contributed by atoms with Crippen LogP contribution in [0, 0.1) is 13.8 Å². The van der Waals surface area contributed by atoms with E-state index in [2.05, 4.69) is 15.0 Å². The van der Waals surface area contributed by atoms with E-state index in [1.165, 1.54) is 11.3 Å². The van der Waals surface area contributed by atoms with Crippen LogP contribution in [0.4, 0.5) is 0 Å². The number of hydrogen-bond acceptors (Lipinski definition) is 6. The number of thiazole rings is 1. The van der Waals surface area contributed by atoms with Crippen LogP contribution in [0.25, 0.3) is 0 Å². The van der Waals surface area contributed by atoms with Gasteiger partial charge in [-0.3, -0.25) is 4.79 Å². The maximum absolute atomic E-state index is 12.6. The van der Waals surface area contributed by atoms with Crippen molar-refractivity contribution in [1.82, 2.24) is 19.9 Å². The predicted octanol–water partition coefficient (Wildman–Crippen LogP) is 2.23. The Morgan fingerprint density at radius 2 is 2.14 bits per heavy atom. The molecule has 0 aromatic carbocycles. The van der Waals surface area contributed by atoms with Crippen LogP contribution in [-0.2, 0) is 0 Å². The van der Waals surface area contributed by atoms with E-state index in [0.29, 0.717) is 12.6 Å². The van der Waals surface area contributed by atoms with Gasteiger partial charge in [0.1, 0.15) is 11.0 Å². The second-order valence-corrected chi connectivity index (χ2v) is 6.52. The molecule has 1 unspecified atom stereocenters. The average Bonchev–Trinajstić information content (AvgIpc) is 2.86. The Labute approximate surface area is 133 Å². The molecule has 2 aromatic rings. The fourth-order valence-electron chi connectivity index (χ4n) is 2.59. The van der Waals surface area contributed by atoms with Crippen LogP contribution in [0.2, 0.25) is 0 Å². The summed E-state index contributed by atoms with van der Waals surface area (Å²) in [5, 5.41) is 0.920.